The molecule has 0 aliphatic carbocycles. The Morgan fingerprint density at radius 1 is 1.05 bits per heavy atom. The maximum absolute atomic E-state index is 11.0. The van der Waals surface area contributed by atoms with Crippen molar-refractivity contribution in [3.8, 4) is 0 Å². The molecule has 0 aromatic heterocycles. The fourth-order valence-corrected chi connectivity index (χ4v) is 1.56. The zero-order valence-electron chi connectivity index (χ0n) is 12.3. The van der Waals surface area contributed by atoms with E-state index in [1.165, 1.54) is 25.6 Å². The second-order valence-electron chi connectivity index (χ2n) is 4.20. The maximum atomic E-state index is 11.0. The fraction of sp³-hybridized carbons (Fsp3) is 0.571. The predicted octanol–water partition coefficient (Wildman–Crippen LogP) is 3.27. The first-order chi connectivity index (χ1) is 10.1. The lowest BCUT2D eigenvalue weighted by molar-refractivity contribution is -0.129. The van der Waals surface area contributed by atoms with E-state index in [9.17, 15) is 9.59 Å². The van der Waals surface area contributed by atoms with Crippen molar-refractivity contribution in [3.63, 3.8) is 0 Å². The van der Waals surface area contributed by atoms with Crippen LogP contribution in [0.3, 0.4) is 0 Å². The van der Waals surface area contributed by atoms with E-state index >= 15 is 0 Å². The summed E-state index contributed by atoms with van der Waals surface area (Å²) in [7, 11) is 0. The third-order valence-electron chi connectivity index (χ3n) is 2.56. The van der Waals surface area contributed by atoms with E-state index in [4.69, 9.17) is 11.6 Å². The Morgan fingerprint density at radius 2 is 1.50 bits per heavy atom. The van der Waals surface area contributed by atoms with Crippen LogP contribution in [0.2, 0.25) is 0 Å². The molecule has 22 heavy (non-hydrogen) atoms. The smallest absolute Gasteiger partial charge is 0.246 e. The van der Waals surface area contributed by atoms with Gasteiger partial charge in [0.1, 0.15) is 0 Å². The monoisotopic (exact) mass is 478 g/mol. The van der Waals surface area contributed by atoms with Gasteiger partial charge in [-0.05, 0) is 49.7 Å². The molecular weight excluding hydrogens is 459 g/mol. The Balaban J connectivity index is 0. The molecular formula is C14H22Br2Cl2N2O2. The summed E-state index contributed by atoms with van der Waals surface area (Å²) in [4.78, 5) is 22.7. The molecule has 0 aromatic carbocycles. The van der Waals surface area contributed by atoms with Gasteiger partial charge in [0.05, 0.1) is 0 Å². The number of allylic oxidation sites excluding steroid dienone is 3. The molecule has 2 aliphatic rings. The van der Waals surface area contributed by atoms with Crippen LogP contribution >= 0.6 is 55.9 Å². The number of alkyl halides is 2. The van der Waals surface area contributed by atoms with Crippen LogP contribution in [-0.4, -0.2) is 52.9 Å². The number of hydrogen-bond donors (Lipinski definition) is 1. The summed E-state index contributed by atoms with van der Waals surface area (Å²) < 4.78 is 0. The maximum Gasteiger partial charge on any atom is 0.246 e. The number of hydrogen-bond acceptors (Lipinski definition) is 3. The van der Waals surface area contributed by atoms with Crippen LogP contribution in [0.15, 0.2) is 24.3 Å². The van der Waals surface area contributed by atoms with Gasteiger partial charge in [0.25, 0.3) is 0 Å². The molecule has 2 heterocycles. The molecule has 0 saturated carbocycles. The number of likely N-dealkylation sites (tertiary alicyclic amines) is 1. The number of rotatable bonds is 4. The molecule has 0 radical (unpaired) electrons. The summed E-state index contributed by atoms with van der Waals surface area (Å²) in [6.07, 6.45) is 8.92. The van der Waals surface area contributed by atoms with E-state index in [-0.39, 0.29) is 18.3 Å². The van der Waals surface area contributed by atoms with Crippen molar-refractivity contribution in [2.45, 2.75) is 12.8 Å². The van der Waals surface area contributed by atoms with Gasteiger partial charge in [-0.1, -0.05) is 44.0 Å². The fourth-order valence-electron chi connectivity index (χ4n) is 1.10. The van der Waals surface area contributed by atoms with E-state index in [2.05, 4.69) is 37.2 Å². The molecule has 2 saturated heterocycles. The SMILES string of the molecule is C1CNC1.Cl.O=C(/C=C/CBr)N1CCC1.O=C(Cl)/C=C/CBr. The van der Waals surface area contributed by atoms with Gasteiger partial charge in [0.2, 0.25) is 11.1 Å². The quantitative estimate of drug-likeness (QED) is 0.381. The largest absolute Gasteiger partial charge is 0.339 e. The second kappa shape index (κ2) is 17.5. The average Bonchev–Trinajstić information content (AvgIpc) is 2.30. The summed E-state index contributed by atoms with van der Waals surface area (Å²) in [6, 6.07) is 0. The minimum absolute atomic E-state index is 0. The lowest BCUT2D eigenvalue weighted by atomic mass is 10.2. The van der Waals surface area contributed by atoms with Crippen LogP contribution in [-0.2, 0) is 9.59 Å². The van der Waals surface area contributed by atoms with Gasteiger partial charge < -0.3 is 10.2 Å². The Hall–Kier alpha value is 0.120. The van der Waals surface area contributed by atoms with Crippen LogP contribution in [0.5, 0.6) is 0 Å². The molecule has 0 atom stereocenters. The molecule has 128 valence electrons. The number of carbonyl (C=O) groups is 2. The van der Waals surface area contributed by atoms with Gasteiger partial charge >= 0.3 is 0 Å². The van der Waals surface area contributed by atoms with Gasteiger partial charge in [-0.15, -0.1) is 12.4 Å². The molecule has 1 N–H and O–H groups in total. The minimum atomic E-state index is -0.431. The average molecular weight is 481 g/mol. The molecule has 0 aromatic rings. The highest BCUT2D eigenvalue weighted by Crippen LogP contribution is 2.05. The lowest BCUT2D eigenvalue weighted by Crippen LogP contribution is -2.41. The van der Waals surface area contributed by atoms with Gasteiger partial charge in [-0.25, -0.2) is 0 Å². The number of halogens is 4. The number of nitrogens with zero attached hydrogens (tertiary/aromatic N) is 1. The number of carbonyl (C=O) groups excluding carboxylic acids is 2. The van der Waals surface area contributed by atoms with Crippen LogP contribution in [0.25, 0.3) is 0 Å². The Labute approximate surface area is 160 Å². The molecule has 2 rings (SSSR count). The third-order valence-corrected chi connectivity index (χ3v) is 3.44. The molecule has 2 fully saturated rings. The Bertz CT molecular complexity index is 355. The highest BCUT2D eigenvalue weighted by atomic mass is 79.9. The molecule has 8 heteroatoms. The van der Waals surface area contributed by atoms with Crippen molar-refractivity contribution in [1.29, 1.82) is 0 Å². The van der Waals surface area contributed by atoms with Crippen molar-refractivity contribution in [1.82, 2.24) is 10.2 Å². The Kier molecular flexibility index (Phi) is 19.4. The molecule has 2 aliphatic heterocycles. The van der Waals surface area contributed by atoms with E-state index in [0.29, 0.717) is 5.33 Å². The minimum Gasteiger partial charge on any atom is -0.339 e. The second-order valence-corrected chi connectivity index (χ2v) is 5.87. The summed E-state index contributed by atoms with van der Waals surface area (Å²) in [6.45, 7) is 4.37. The summed E-state index contributed by atoms with van der Waals surface area (Å²) in [5.74, 6) is 0.144. The first kappa shape index (κ1) is 24.4. The van der Waals surface area contributed by atoms with Crippen molar-refractivity contribution >= 4 is 67.0 Å². The van der Waals surface area contributed by atoms with E-state index in [1.54, 1.807) is 12.2 Å². The highest BCUT2D eigenvalue weighted by Gasteiger charge is 2.16. The van der Waals surface area contributed by atoms with Crippen molar-refractivity contribution < 1.29 is 9.59 Å². The first-order valence-electron chi connectivity index (χ1n) is 6.76. The predicted molar refractivity (Wildman–Crippen MR) is 103 cm³/mol. The van der Waals surface area contributed by atoms with E-state index in [0.717, 1.165) is 24.8 Å². The third kappa shape index (κ3) is 15.0. The normalized spacial score (nSPS) is 15.5. The van der Waals surface area contributed by atoms with Crippen LogP contribution in [0, 0.1) is 0 Å². The molecule has 1 amide bonds. The highest BCUT2D eigenvalue weighted by molar-refractivity contribution is 9.09. The summed E-state index contributed by atoms with van der Waals surface area (Å²) in [5.41, 5.74) is 0. The number of amides is 1. The standard InChI is InChI=1S/C7H10BrNO.C4H4BrClO.C3H7N.ClH/c8-4-1-3-7(10)9-5-2-6-9;5-3-1-2-4(6)7;1-2-4-3-1;/h1,3H,2,4-6H2;1-2H,3H2;4H,1-3H2;1H/b3-1+;2-1+;;. The van der Waals surface area contributed by atoms with E-state index < -0.39 is 5.24 Å². The molecule has 4 nitrogen and oxygen atoms in total. The summed E-state index contributed by atoms with van der Waals surface area (Å²) in [5, 5.41) is 4.11. The zero-order valence-corrected chi connectivity index (χ0v) is 17.0. The number of nitrogens with one attached hydrogen (secondary N) is 1. The Morgan fingerprint density at radius 3 is 1.73 bits per heavy atom. The lowest BCUT2D eigenvalue weighted by Gasteiger charge is -2.29. The van der Waals surface area contributed by atoms with Gasteiger partial charge in [-0.2, -0.15) is 0 Å². The van der Waals surface area contributed by atoms with Gasteiger partial charge in [0, 0.05) is 23.7 Å². The zero-order chi connectivity index (χ0) is 15.9. The van der Waals surface area contributed by atoms with Crippen molar-refractivity contribution in [2.75, 3.05) is 36.8 Å². The van der Waals surface area contributed by atoms with Crippen molar-refractivity contribution in [2.24, 2.45) is 0 Å². The molecule has 0 spiro atoms. The van der Waals surface area contributed by atoms with Crippen LogP contribution in [0.4, 0.5) is 0 Å². The van der Waals surface area contributed by atoms with Crippen LogP contribution in [0.1, 0.15) is 12.8 Å². The van der Waals surface area contributed by atoms with Gasteiger partial charge in [0.15, 0.2) is 0 Å². The summed E-state index contributed by atoms with van der Waals surface area (Å²) >= 11 is 11.2. The molecule has 0 unspecified atom stereocenters. The first-order valence-corrected chi connectivity index (χ1v) is 9.38. The van der Waals surface area contributed by atoms with Crippen molar-refractivity contribution in [3.05, 3.63) is 24.3 Å². The van der Waals surface area contributed by atoms with Gasteiger partial charge in [-0.3, -0.25) is 9.59 Å². The molecule has 0 bridgehead atoms. The topological polar surface area (TPSA) is 49.4 Å². The van der Waals surface area contributed by atoms with Crippen LogP contribution < -0.4 is 5.32 Å². The van der Waals surface area contributed by atoms with E-state index in [1.807, 2.05) is 11.0 Å².